The number of hydrogen-bond donors (Lipinski definition) is 2. The standard InChI is InChI=1S/C17H22N4O/c1-11-7-12(2)9-13(8-11)20-17(18)19-10-15-14-5-3-4-6-16(14)22-21-15/h7-9H,3-6,10H2,1-2H3,(H3,18,19,20). The molecule has 5 heteroatoms. The van der Waals surface area contributed by atoms with Gasteiger partial charge in [-0.05, 0) is 56.4 Å². The van der Waals surface area contributed by atoms with Crippen LogP contribution < -0.4 is 11.1 Å². The summed E-state index contributed by atoms with van der Waals surface area (Å²) < 4.78 is 5.39. The lowest BCUT2D eigenvalue weighted by atomic mass is 9.96. The monoisotopic (exact) mass is 298 g/mol. The molecule has 1 heterocycles. The topological polar surface area (TPSA) is 76.4 Å². The smallest absolute Gasteiger partial charge is 0.193 e. The van der Waals surface area contributed by atoms with Crippen LogP contribution in [0.1, 0.15) is 41.0 Å². The lowest BCUT2D eigenvalue weighted by molar-refractivity contribution is 0.368. The molecule has 0 saturated carbocycles. The first kappa shape index (κ1) is 14.6. The molecule has 0 saturated heterocycles. The van der Waals surface area contributed by atoms with Crippen molar-refractivity contribution in [1.29, 1.82) is 0 Å². The number of anilines is 1. The molecular weight excluding hydrogens is 276 g/mol. The summed E-state index contributed by atoms with van der Waals surface area (Å²) in [6.07, 6.45) is 4.40. The van der Waals surface area contributed by atoms with Gasteiger partial charge < -0.3 is 15.6 Å². The summed E-state index contributed by atoms with van der Waals surface area (Å²) in [5.74, 6) is 1.43. The largest absolute Gasteiger partial charge is 0.370 e. The van der Waals surface area contributed by atoms with E-state index in [1.807, 2.05) is 12.1 Å². The Morgan fingerprint density at radius 1 is 1.23 bits per heavy atom. The predicted octanol–water partition coefficient (Wildman–Crippen LogP) is 3.10. The number of aromatic nitrogens is 1. The average molecular weight is 298 g/mol. The predicted molar refractivity (Wildman–Crippen MR) is 88.0 cm³/mol. The van der Waals surface area contributed by atoms with E-state index in [1.165, 1.54) is 29.5 Å². The minimum Gasteiger partial charge on any atom is -0.370 e. The highest BCUT2D eigenvalue weighted by Gasteiger charge is 2.18. The zero-order valence-corrected chi connectivity index (χ0v) is 13.1. The van der Waals surface area contributed by atoms with E-state index in [4.69, 9.17) is 10.3 Å². The zero-order chi connectivity index (χ0) is 15.5. The molecule has 0 fully saturated rings. The molecule has 1 aliphatic carbocycles. The summed E-state index contributed by atoms with van der Waals surface area (Å²) in [5, 5.41) is 7.28. The Morgan fingerprint density at radius 2 is 1.95 bits per heavy atom. The molecule has 116 valence electrons. The van der Waals surface area contributed by atoms with E-state index in [1.54, 1.807) is 0 Å². The second-order valence-corrected chi connectivity index (χ2v) is 5.94. The van der Waals surface area contributed by atoms with Crippen molar-refractivity contribution in [3.63, 3.8) is 0 Å². The van der Waals surface area contributed by atoms with Gasteiger partial charge >= 0.3 is 0 Å². The van der Waals surface area contributed by atoms with Gasteiger partial charge in [0.25, 0.3) is 0 Å². The number of aliphatic imine (C=N–C) groups is 1. The van der Waals surface area contributed by atoms with Gasteiger partial charge in [-0.15, -0.1) is 0 Å². The third-order valence-corrected chi connectivity index (χ3v) is 3.92. The third-order valence-electron chi connectivity index (χ3n) is 3.92. The SMILES string of the molecule is Cc1cc(C)cc(NC(N)=NCc2noc3c2CCCC3)c1. The molecular formula is C17H22N4O. The van der Waals surface area contributed by atoms with E-state index in [2.05, 4.69) is 35.4 Å². The van der Waals surface area contributed by atoms with Gasteiger partial charge in [0.05, 0.1) is 6.54 Å². The summed E-state index contributed by atoms with van der Waals surface area (Å²) in [7, 11) is 0. The number of nitrogens with zero attached hydrogens (tertiary/aromatic N) is 2. The number of hydrogen-bond acceptors (Lipinski definition) is 3. The highest BCUT2D eigenvalue weighted by molar-refractivity contribution is 5.92. The number of rotatable bonds is 3. The zero-order valence-electron chi connectivity index (χ0n) is 13.1. The number of guanidine groups is 1. The van der Waals surface area contributed by atoms with Crippen LogP contribution in [0, 0.1) is 13.8 Å². The maximum Gasteiger partial charge on any atom is 0.193 e. The number of benzene rings is 1. The summed E-state index contributed by atoms with van der Waals surface area (Å²) >= 11 is 0. The maximum atomic E-state index is 5.98. The number of fused-ring (bicyclic) bond motifs is 1. The van der Waals surface area contributed by atoms with Crippen LogP contribution in [0.4, 0.5) is 5.69 Å². The Morgan fingerprint density at radius 3 is 2.73 bits per heavy atom. The van der Waals surface area contributed by atoms with Crippen LogP contribution in [-0.2, 0) is 19.4 Å². The van der Waals surface area contributed by atoms with Gasteiger partial charge in [-0.3, -0.25) is 0 Å². The van der Waals surface area contributed by atoms with Crippen molar-refractivity contribution in [3.8, 4) is 0 Å². The fourth-order valence-electron chi connectivity index (χ4n) is 2.97. The van der Waals surface area contributed by atoms with E-state index >= 15 is 0 Å². The molecule has 5 nitrogen and oxygen atoms in total. The van der Waals surface area contributed by atoms with Gasteiger partial charge in [-0.2, -0.15) is 0 Å². The van der Waals surface area contributed by atoms with Crippen LogP contribution in [-0.4, -0.2) is 11.1 Å². The van der Waals surface area contributed by atoms with Crippen LogP contribution in [0.5, 0.6) is 0 Å². The van der Waals surface area contributed by atoms with Crippen LogP contribution in [0.3, 0.4) is 0 Å². The first-order valence-corrected chi connectivity index (χ1v) is 7.73. The molecule has 1 aromatic carbocycles. The lowest BCUT2D eigenvalue weighted by Gasteiger charge is -2.09. The quantitative estimate of drug-likeness (QED) is 0.674. The molecule has 0 aliphatic heterocycles. The van der Waals surface area contributed by atoms with Crippen LogP contribution in [0.25, 0.3) is 0 Å². The molecule has 0 atom stereocenters. The van der Waals surface area contributed by atoms with Gasteiger partial charge in [0.1, 0.15) is 11.5 Å². The Hall–Kier alpha value is -2.30. The number of nitrogens with two attached hydrogens (primary N) is 1. The van der Waals surface area contributed by atoms with Gasteiger partial charge in [0.2, 0.25) is 0 Å². The highest BCUT2D eigenvalue weighted by Crippen LogP contribution is 2.24. The van der Waals surface area contributed by atoms with E-state index in [0.717, 1.165) is 30.0 Å². The molecule has 1 aromatic heterocycles. The van der Waals surface area contributed by atoms with Gasteiger partial charge in [0.15, 0.2) is 5.96 Å². The Balaban J connectivity index is 1.68. The fourth-order valence-corrected chi connectivity index (χ4v) is 2.97. The molecule has 22 heavy (non-hydrogen) atoms. The number of aryl methyl sites for hydroxylation is 3. The molecule has 0 spiro atoms. The van der Waals surface area contributed by atoms with Crippen molar-refractivity contribution in [2.45, 2.75) is 46.1 Å². The molecule has 1 aliphatic rings. The van der Waals surface area contributed by atoms with Crippen molar-refractivity contribution in [3.05, 3.63) is 46.3 Å². The van der Waals surface area contributed by atoms with E-state index < -0.39 is 0 Å². The second kappa shape index (κ2) is 6.22. The molecule has 0 bridgehead atoms. The Kier molecular flexibility index (Phi) is 4.13. The fraction of sp³-hybridized carbons (Fsp3) is 0.412. The van der Waals surface area contributed by atoms with Crippen molar-refractivity contribution in [2.24, 2.45) is 10.7 Å². The lowest BCUT2D eigenvalue weighted by Crippen LogP contribution is -2.22. The van der Waals surface area contributed by atoms with Gasteiger partial charge in [0, 0.05) is 17.7 Å². The minimum absolute atomic E-state index is 0.401. The normalized spacial score (nSPS) is 14.7. The summed E-state index contributed by atoms with van der Waals surface area (Å²) in [6, 6.07) is 6.22. The van der Waals surface area contributed by atoms with Gasteiger partial charge in [-0.1, -0.05) is 11.2 Å². The first-order valence-electron chi connectivity index (χ1n) is 7.73. The Bertz CT molecular complexity index is 682. The second-order valence-electron chi connectivity index (χ2n) is 5.94. The molecule has 0 amide bonds. The van der Waals surface area contributed by atoms with Crippen LogP contribution in [0.15, 0.2) is 27.7 Å². The minimum atomic E-state index is 0.401. The molecule has 3 N–H and O–H groups in total. The molecule has 0 unspecified atom stereocenters. The summed E-state index contributed by atoms with van der Waals surface area (Å²) in [4.78, 5) is 4.39. The van der Waals surface area contributed by atoms with Crippen molar-refractivity contribution < 1.29 is 4.52 Å². The van der Waals surface area contributed by atoms with Crippen molar-refractivity contribution in [2.75, 3.05) is 5.32 Å². The summed E-state index contributed by atoms with van der Waals surface area (Å²) in [6.45, 7) is 4.59. The van der Waals surface area contributed by atoms with E-state index in [0.29, 0.717) is 12.5 Å². The first-order chi connectivity index (χ1) is 10.6. The maximum absolute atomic E-state index is 5.98. The molecule has 0 radical (unpaired) electrons. The summed E-state index contributed by atoms with van der Waals surface area (Å²) in [5.41, 5.74) is 11.5. The van der Waals surface area contributed by atoms with Crippen LogP contribution in [0.2, 0.25) is 0 Å². The third kappa shape index (κ3) is 3.30. The van der Waals surface area contributed by atoms with E-state index in [9.17, 15) is 0 Å². The van der Waals surface area contributed by atoms with Crippen molar-refractivity contribution in [1.82, 2.24) is 5.16 Å². The highest BCUT2D eigenvalue weighted by atomic mass is 16.5. The average Bonchev–Trinajstić information content (AvgIpc) is 2.87. The van der Waals surface area contributed by atoms with Crippen LogP contribution >= 0.6 is 0 Å². The molecule has 3 rings (SSSR count). The van der Waals surface area contributed by atoms with Crippen molar-refractivity contribution >= 4 is 11.6 Å². The molecule has 2 aromatic rings. The van der Waals surface area contributed by atoms with E-state index in [-0.39, 0.29) is 0 Å². The Labute approximate surface area is 130 Å². The van der Waals surface area contributed by atoms with Gasteiger partial charge in [-0.25, -0.2) is 4.99 Å². The number of nitrogens with one attached hydrogen (secondary N) is 1.